The van der Waals surface area contributed by atoms with Crippen LogP contribution in [0.25, 0.3) is 0 Å². The van der Waals surface area contributed by atoms with Gasteiger partial charge in [-0.1, -0.05) is 57.4 Å². The van der Waals surface area contributed by atoms with Crippen molar-refractivity contribution in [1.82, 2.24) is 0 Å². The van der Waals surface area contributed by atoms with E-state index >= 15 is 0 Å². The van der Waals surface area contributed by atoms with E-state index in [1.165, 1.54) is 49.8 Å². The Balaban J connectivity index is 1.31. The lowest BCUT2D eigenvalue weighted by Gasteiger charge is -2.31. The zero-order valence-corrected chi connectivity index (χ0v) is 20.5. The molecule has 186 valence electrons. The highest BCUT2D eigenvalue weighted by atomic mass is 19.2. The Morgan fingerprint density at radius 2 is 1.44 bits per heavy atom. The van der Waals surface area contributed by atoms with Gasteiger partial charge in [-0.2, -0.15) is 4.39 Å². The zero-order valence-electron chi connectivity index (χ0n) is 20.5. The van der Waals surface area contributed by atoms with Gasteiger partial charge in [-0.05, 0) is 67.2 Å². The molecule has 0 amide bonds. The Labute approximate surface area is 202 Å². The second kappa shape index (κ2) is 12.1. The van der Waals surface area contributed by atoms with Crippen LogP contribution in [0.15, 0.2) is 36.4 Å². The van der Waals surface area contributed by atoms with Crippen LogP contribution in [0.1, 0.15) is 100 Å². The van der Waals surface area contributed by atoms with Crippen molar-refractivity contribution < 1.29 is 23.0 Å². The van der Waals surface area contributed by atoms with Gasteiger partial charge >= 0.3 is 0 Å². The summed E-state index contributed by atoms with van der Waals surface area (Å²) >= 11 is 0. The van der Waals surface area contributed by atoms with Gasteiger partial charge in [0.05, 0.1) is 19.8 Å². The molecule has 2 aliphatic rings. The fourth-order valence-corrected chi connectivity index (χ4v) is 5.19. The van der Waals surface area contributed by atoms with Crippen LogP contribution in [-0.2, 0) is 9.47 Å². The summed E-state index contributed by atoms with van der Waals surface area (Å²) in [7, 11) is 0. The lowest BCUT2D eigenvalue weighted by Crippen LogP contribution is -2.26. The van der Waals surface area contributed by atoms with Gasteiger partial charge in [-0.15, -0.1) is 0 Å². The van der Waals surface area contributed by atoms with E-state index in [0.29, 0.717) is 25.7 Å². The Morgan fingerprint density at radius 3 is 2.06 bits per heavy atom. The molecule has 2 fully saturated rings. The van der Waals surface area contributed by atoms with Crippen LogP contribution in [0.2, 0.25) is 0 Å². The third-order valence-corrected chi connectivity index (χ3v) is 7.54. The average molecular weight is 473 g/mol. The smallest absolute Gasteiger partial charge is 0.201 e. The highest BCUT2D eigenvalue weighted by Gasteiger charge is 2.29. The van der Waals surface area contributed by atoms with E-state index in [1.54, 1.807) is 0 Å². The first-order chi connectivity index (χ1) is 16.6. The van der Waals surface area contributed by atoms with Crippen molar-refractivity contribution in [3.63, 3.8) is 0 Å². The second-order valence-electron chi connectivity index (χ2n) is 9.82. The first-order valence-electron chi connectivity index (χ1n) is 13.0. The van der Waals surface area contributed by atoms with Gasteiger partial charge in [0.15, 0.2) is 17.9 Å². The van der Waals surface area contributed by atoms with Gasteiger partial charge in [0, 0.05) is 11.5 Å². The van der Waals surface area contributed by atoms with Gasteiger partial charge in [0.25, 0.3) is 0 Å². The maximum Gasteiger partial charge on any atom is 0.201 e. The van der Waals surface area contributed by atoms with Gasteiger partial charge in [0.2, 0.25) is 5.82 Å². The first-order valence-corrected chi connectivity index (χ1v) is 13.0. The van der Waals surface area contributed by atoms with Crippen LogP contribution in [0.5, 0.6) is 5.75 Å². The molecular formula is C29H38F2O3. The van der Waals surface area contributed by atoms with E-state index in [9.17, 15) is 8.78 Å². The molecule has 1 heterocycles. The van der Waals surface area contributed by atoms with Crippen LogP contribution in [-0.4, -0.2) is 19.8 Å². The first kappa shape index (κ1) is 25.1. The van der Waals surface area contributed by atoms with Crippen molar-refractivity contribution in [2.75, 3.05) is 19.8 Å². The topological polar surface area (TPSA) is 27.7 Å². The van der Waals surface area contributed by atoms with Crippen molar-refractivity contribution in [1.29, 1.82) is 0 Å². The monoisotopic (exact) mass is 472 g/mol. The van der Waals surface area contributed by atoms with Gasteiger partial charge < -0.3 is 14.2 Å². The SMILES string of the molecule is CCCCCOc1ccc(C2OCC(c3ccc(C4CCC(CC)CC4)cc3)CO2)c(F)c1F. The number of benzene rings is 2. The quantitative estimate of drug-likeness (QED) is 0.346. The normalized spacial score (nSPS) is 25.3. The van der Waals surface area contributed by atoms with E-state index in [1.807, 2.05) is 0 Å². The number of halogens is 2. The molecule has 0 aromatic heterocycles. The molecule has 5 heteroatoms. The predicted octanol–water partition coefficient (Wildman–Crippen LogP) is 8.05. The van der Waals surface area contributed by atoms with E-state index in [4.69, 9.17) is 14.2 Å². The predicted molar refractivity (Wildman–Crippen MR) is 130 cm³/mol. The molecular weight excluding hydrogens is 434 g/mol. The third-order valence-electron chi connectivity index (χ3n) is 7.54. The maximum atomic E-state index is 14.7. The van der Waals surface area contributed by atoms with Gasteiger partial charge in [-0.25, -0.2) is 4.39 Å². The highest BCUT2D eigenvalue weighted by molar-refractivity contribution is 5.32. The zero-order chi connectivity index (χ0) is 23.9. The minimum Gasteiger partial charge on any atom is -0.490 e. The fraction of sp³-hybridized carbons (Fsp3) is 0.586. The Kier molecular flexibility index (Phi) is 8.96. The molecule has 1 saturated heterocycles. The van der Waals surface area contributed by atoms with Crippen LogP contribution in [0, 0.1) is 17.6 Å². The molecule has 1 aliphatic heterocycles. The molecule has 0 atom stereocenters. The van der Waals surface area contributed by atoms with E-state index in [0.717, 1.165) is 30.7 Å². The van der Waals surface area contributed by atoms with Crippen LogP contribution in [0.4, 0.5) is 8.78 Å². The minimum absolute atomic E-state index is 0.0608. The molecule has 2 aromatic carbocycles. The summed E-state index contributed by atoms with van der Waals surface area (Å²) in [5.41, 5.74) is 2.66. The number of hydrogen-bond donors (Lipinski definition) is 0. The molecule has 1 saturated carbocycles. The number of ether oxygens (including phenoxy) is 3. The van der Waals surface area contributed by atoms with E-state index in [2.05, 4.69) is 38.1 Å². The average Bonchev–Trinajstić information content (AvgIpc) is 2.89. The van der Waals surface area contributed by atoms with Crippen LogP contribution < -0.4 is 4.74 Å². The largest absolute Gasteiger partial charge is 0.490 e. The molecule has 0 unspecified atom stereocenters. The molecule has 0 bridgehead atoms. The summed E-state index contributed by atoms with van der Waals surface area (Å²) in [5, 5.41) is 0. The number of rotatable bonds is 9. The number of hydrogen-bond acceptors (Lipinski definition) is 3. The Bertz CT molecular complexity index is 898. The summed E-state index contributed by atoms with van der Waals surface area (Å²) in [6.45, 7) is 5.56. The third kappa shape index (κ3) is 5.98. The van der Waals surface area contributed by atoms with Crippen molar-refractivity contribution in [2.24, 2.45) is 5.92 Å². The van der Waals surface area contributed by atoms with E-state index in [-0.39, 0.29) is 17.2 Å². The molecule has 0 N–H and O–H groups in total. The molecule has 1 aliphatic carbocycles. The molecule has 0 spiro atoms. The highest BCUT2D eigenvalue weighted by Crippen LogP contribution is 2.38. The Hall–Kier alpha value is -1.98. The molecule has 0 radical (unpaired) electrons. The minimum atomic E-state index is -0.980. The lowest BCUT2D eigenvalue weighted by atomic mass is 9.77. The lowest BCUT2D eigenvalue weighted by molar-refractivity contribution is -0.193. The van der Waals surface area contributed by atoms with Crippen molar-refractivity contribution >= 4 is 0 Å². The van der Waals surface area contributed by atoms with Crippen LogP contribution in [0.3, 0.4) is 0 Å². The summed E-state index contributed by atoms with van der Waals surface area (Å²) in [6.07, 6.45) is 8.46. The number of unbranched alkanes of at least 4 members (excludes halogenated alkanes) is 2. The second-order valence-corrected chi connectivity index (χ2v) is 9.82. The summed E-state index contributed by atoms with van der Waals surface area (Å²) in [6, 6.07) is 11.8. The van der Waals surface area contributed by atoms with Crippen molar-refractivity contribution in [3.8, 4) is 5.75 Å². The molecule has 3 nitrogen and oxygen atoms in total. The molecule has 34 heavy (non-hydrogen) atoms. The molecule has 2 aromatic rings. The maximum absolute atomic E-state index is 14.7. The van der Waals surface area contributed by atoms with Gasteiger partial charge in [0.1, 0.15) is 0 Å². The van der Waals surface area contributed by atoms with Crippen molar-refractivity contribution in [2.45, 2.75) is 83.3 Å². The Morgan fingerprint density at radius 1 is 0.794 bits per heavy atom. The van der Waals surface area contributed by atoms with Crippen molar-refractivity contribution in [3.05, 3.63) is 64.7 Å². The van der Waals surface area contributed by atoms with Crippen LogP contribution >= 0.6 is 0 Å². The molecule has 4 rings (SSSR count). The van der Waals surface area contributed by atoms with E-state index < -0.39 is 17.9 Å². The van der Waals surface area contributed by atoms with Gasteiger partial charge in [-0.3, -0.25) is 0 Å². The standard InChI is InChI=1S/C29H38F2O3/c1-3-5-6-17-32-26-16-15-25(27(30)28(26)31)29-33-18-24(19-34-29)23-13-11-22(12-14-23)21-9-7-20(4-2)8-10-21/h11-16,20-21,24,29H,3-10,17-19H2,1-2H3. The fourth-order valence-electron chi connectivity index (χ4n) is 5.19. The summed E-state index contributed by atoms with van der Waals surface area (Å²) in [5.74, 6) is -0.362. The summed E-state index contributed by atoms with van der Waals surface area (Å²) < 4.78 is 46.2. The summed E-state index contributed by atoms with van der Waals surface area (Å²) in [4.78, 5) is 0.